The zero-order chi connectivity index (χ0) is 18.7. The van der Waals surface area contributed by atoms with Crippen LogP contribution in [0.1, 0.15) is 33.4 Å². The molecule has 0 saturated heterocycles. The molecule has 0 unspecified atom stereocenters. The van der Waals surface area contributed by atoms with Crippen LogP contribution in [0.2, 0.25) is 0 Å². The fraction of sp³-hybridized carbons (Fsp3) is 0.429. The highest BCUT2D eigenvalue weighted by Gasteiger charge is 2.67. The summed E-state index contributed by atoms with van der Waals surface area (Å²) < 4.78 is 1.96. The number of pyridine rings is 2. The smallest absolute Gasteiger partial charge is 0.143 e. The number of hydrogen-bond donors (Lipinski definition) is 0. The van der Waals surface area contributed by atoms with Crippen LogP contribution in [0, 0.1) is 16.7 Å². The third-order valence-corrected chi connectivity index (χ3v) is 6.43. The van der Waals surface area contributed by atoms with Crippen molar-refractivity contribution in [2.75, 3.05) is 0 Å². The van der Waals surface area contributed by atoms with E-state index in [-0.39, 0.29) is 22.5 Å². The minimum absolute atomic E-state index is 0.0647. The molecule has 0 spiro atoms. The minimum atomic E-state index is 0.0647. The number of rotatable bonds is 4. The molecular weight excluding hydrogens is 324 g/mol. The molecule has 5 heteroatoms. The molecule has 4 rings (SSSR count). The number of imidazole rings is 1. The van der Waals surface area contributed by atoms with Gasteiger partial charge in [-0.05, 0) is 23.0 Å². The minimum Gasteiger partial charge on any atom is -0.334 e. The number of ketones is 1. The van der Waals surface area contributed by atoms with Gasteiger partial charge in [-0.1, -0.05) is 27.7 Å². The number of Topliss-reactive ketones (excluding diaryl/α,β-unsaturated/α-hetero) is 1. The molecule has 134 valence electrons. The van der Waals surface area contributed by atoms with Crippen LogP contribution in [0.3, 0.4) is 0 Å². The van der Waals surface area contributed by atoms with Crippen molar-refractivity contribution in [3.05, 3.63) is 42.7 Å². The molecule has 0 radical (unpaired) electrons. The predicted molar refractivity (Wildman–Crippen MR) is 102 cm³/mol. The first-order valence-corrected chi connectivity index (χ1v) is 8.96. The van der Waals surface area contributed by atoms with Gasteiger partial charge in [0.2, 0.25) is 0 Å². The summed E-state index contributed by atoms with van der Waals surface area (Å²) >= 11 is 0. The van der Waals surface area contributed by atoms with E-state index in [0.717, 1.165) is 27.9 Å². The number of nitrogens with zero attached hydrogens (tertiary/aromatic N) is 4. The van der Waals surface area contributed by atoms with Crippen molar-refractivity contribution >= 4 is 16.7 Å². The van der Waals surface area contributed by atoms with Crippen LogP contribution in [-0.2, 0) is 18.3 Å². The van der Waals surface area contributed by atoms with E-state index >= 15 is 0 Å². The molecule has 0 aromatic carbocycles. The SMILES string of the molecule is Cn1cncc1-c1cnc2cnc(CC(=O)C3C(C)(C)C3(C)C)cc2c1. The first-order valence-electron chi connectivity index (χ1n) is 8.96. The number of aromatic nitrogens is 4. The average molecular weight is 348 g/mol. The van der Waals surface area contributed by atoms with E-state index in [1.165, 1.54) is 0 Å². The van der Waals surface area contributed by atoms with Crippen LogP contribution in [0.15, 0.2) is 37.1 Å². The fourth-order valence-electron chi connectivity index (χ4n) is 4.23. The molecule has 1 saturated carbocycles. The van der Waals surface area contributed by atoms with Crippen molar-refractivity contribution in [1.29, 1.82) is 0 Å². The molecule has 0 N–H and O–H groups in total. The van der Waals surface area contributed by atoms with Crippen LogP contribution in [0.5, 0.6) is 0 Å². The summed E-state index contributed by atoms with van der Waals surface area (Å²) in [5, 5.41) is 0.996. The summed E-state index contributed by atoms with van der Waals surface area (Å²) in [5.41, 5.74) is 3.79. The summed E-state index contributed by atoms with van der Waals surface area (Å²) in [5.74, 6) is 0.383. The molecule has 0 amide bonds. The van der Waals surface area contributed by atoms with Crippen molar-refractivity contribution in [3.63, 3.8) is 0 Å². The van der Waals surface area contributed by atoms with Crippen molar-refractivity contribution < 1.29 is 4.79 Å². The Labute approximate surface area is 153 Å². The zero-order valence-electron chi connectivity index (χ0n) is 15.9. The van der Waals surface area contributed by atoms with E-state index in [0.29, 0.717) is 6.42 Å². The third-order valence-electron chi connectivity index (χ3n) is 6.43. The second kappa shape index (κ2) is 5.47. The monoisotopic (exact) mass is 348 g/mol. The van der Waals surface area contributed by atoms with Crippen LogP contribution < -0.4 is 0 Å². The second-order valence-corrected chi connectivity index (χ2v) is 8.50. The average Bonchev–Trinajstić information content (AvgIpc) is 2.86. The largest absolute Gasteiger partial charge is 0.334 e. The lowest BCUT2D eigenvalue weighted by molar-refractivity contribution is -0.120. The maximum absolute atomic E-state index is 12.8. The molecular formula is C21H24N4O. The van der Waals surface area contributed by atoms with Gasteiger partial charge in [0.15, 0.2) is 0 Å². The lowest BCUT2D eigenvalue weighted by atomic mass is 10.0. The molecule has 0 aliphatic heterocycles. The van der Waals surface area contributed by atoms with Gasteiger partial charge in [-0.3, -0.25) is 14.8 Å². The van der Waals surface area contributed by atoms with E-state index in [4.69, 9.17) is 0 Å². The van der Waals surface area contributed by atoms with Gasteiger partial charge >= 0.3 is 0 Å². The van der Waals surface area contributed by atoms with Gasteiger partial charge in [-0.15, -0.1) is 0 Å². The van der Waals surface area contributed by atoms with E-state index in [1.54, 1.807) is 12.5 Å². The molecule has 3 aromatic rings. The lowest BCUT2D eigenvalue weighted by Crippen LogP contribution is -2.11. The van der Waals surface area contributed by atoms with E-state index in [1.807, 2.05) is 30.1 Å². The Kier molecular flexibility index (Phi) is 3.55. The molecule has 0 atom stereocenters. The summed E-state index contributed by atoms with van der Waals surface area (Å²) in [7, 11) is 1.96. The highest BCUT2D eigenvalue weighted by atomic mass is 16.1. The highest BCUT2D eigenvalue weighted by Crippen LogP contribution is 2.68. The first-order chi connectivity index (χ1) is 12.2. The summed E-state index contributed by atoms with van der Waals surface area (Å²) in [4.78, 5) is 25.9. The lowest BCUT2D eigenvalue weighted by Gasteiger charge is -2.06. The van der Waals surface area contributed by atoms with Gasteiger partial charge in [0.25, 0.3) is 0 Å². The molecule has 1 aliphatic rings. The first kappa shape index (κ1) is 16.9. The molecule has 3 aromatic heterocycles. The number of aryl methyl sites for hydroxylation is 1. The molecule has 1 fully saturated rings. The second-order valence-electron chi connectivity index (χ2n) is 8.50. The van der Waals surface area contributed by atoms with E-state index < -0.39 is 0 Å². The van der Waals surface area contributed by atoms with Crippen molar-refractivity contribution in [2.24, 2.45) is 23.8 Å². The summed E-state index contributed by atoms with van der Waals surface area (Å²) in [6, 6.07) is 4.07. The Morgan fingerprint density at radius 1 is 1.08 bits per heavy atom. The standard InChI is InChI=1S/C21H24N4O/c1-20(2)19(21(20,3)4)18(26)8-15-7-13-6-14(9-24-16(13)10-23-15)17-11-22-12-25(17)5/h6-7,9-12,19H,8H2,1-5H3. The third kappa shape index (κ3) is 2.45. The zero-order valence-corrected chi connectivity index (χ0v) is 15.9. The van der Waals surface area contributed by atoms with Crippen LogP contribution >= 0.6 is 0 Å². The molecule has 5 nitrogen and oxygen atoms in total. The Balaban J connectivity index is 1.63. The topological polar surface area (TPSA) is 60.7 Å². The normalized spacial score (nSPS) is 18.2. The van der Waals surface area contributed by atoms with Gasteiger partial charge in [0.05, 0.1) is 29.9 Å². The molecule has 0 bridgehead atoms. The van der Waals surface area contributed by atoms with Gasteiger partial charge in [-0.2, -0.15) is 0 Å². The number of carbonyl (C=O) groups is 1. The fourth-order valence-corrected chi connectivity index (χ4v) is 4.23. The Bertz CT molecular complexity index is 1000. The van der Waals surface area contributed by atoms with Crippen LogP contribution in [0.25, 0.3) is 22.2 Å². The molecule has 3 heterocycles. The van der Waals surface area contributed by atoms with Crippen molar-refractivity contribution in [2.45, 2.75) is 34.1 Å². The molecule has 1 aliphatic carbocycles. The van der Waals surface area contributed by atoms with E-state index in [9.17, 15) is 4.79 Å². The van der Waals surface area contributed by atoms with Gasteiger partial charge < -0.3 is 4.57 Å². The van der Waals surface area contributed by atoms with Gasteiger partial charge in [-0.25, -0.2) is 4.98 Å². The maximum atomic E-state index is 12.8. The summed E-state index contributed by atoms with van der Waals surface area (Å²) in [6.07, 6.45) is 7.57. The number of fused-ring (bicyclic) bond motifs is 1. The quantitative estimate of drug-likeness (QED) is 0.719. The maximum Gasteiger partial charge on any atom is 0.143 e. The van der Waals surface area contributed by atoms with E-state index in [2.05, 4.69) is 48.7 Å². The number of hydrogen-bond acceptors (Lipinski definition) is 4. The Hall–Kier alpha value is -2.56. The highest BCUT2D eigenvalue weighted by molar-refractivity contribution is 5.89. The Morgan fingerprint density at radius 2 is 1.81 bits per heavy atom. The number of carbonyl (C=O) groups excluding carboxylic acids is 1. The van der Waals surface area contributed by atoms with Crippen molar-refractivity contribution in [1.82, 2.24) is 19.5 Å². The van der Waals surface area contributed by atoms with Crippen LogP contribution in [0.4, 0.5) is 0 Å². The Morgan fingerprint density at radius 3 is 2.42 bits per heavy atom. The van der Waals surface area contributed by atoms with Gasteiger partial charge in [0, 0.05) is 42.2 Å². The molecule has 26 heavy (non-hydrogen) atoms. The van der Waals surface area contributed by atoms with Crippen molar-refractivity contribution in [3.8, 4) is 11.3 Å². The summed E-state index contributed by atoms with van der Waals surface area (Å²) in [6.45, 7) is 8.70. The van der Waals surface area contributed by atoms with Gasteiger partial charge in [0.1, 0.15) is 5.78 Å². The van der Waals surface area contributed by atoms with Crippen LogP contribution in [-0.4, -0.2) is 25.3 Å². The predicted octanol–water partition coefficient (Wildman–Crippen LogP) is 3.82.